The molecule has 7 heteroatoms. The topological polar surface area (TPSA) is 0 Å². The number of hydrogen-bond acceptors (Lipinski definition) is 4. The third-order valence-corrected chi connectivity index (χ3v) is 11.0. The van der Waals surface area contributed by atoms with E-state index in [0.29, 0.717) is 7.92 Å². The summed E-state index contributed by atoms with van der Waals surface area (Å²) < 4.78 is 0. The molecular formula is C28H30P2S4W. The van der Waals surface area contributed by atoms with Gasteiger partial charge in [-0.1, -0.05) is 79.0 Å². The van der Waals surface area contributed by atoms with Crippen molar-refractivity contribution in [2.45, 2.75) is 0 Å². The Hall–Kier alpha value is -0.562. The maximum absolute atomic E-state index is 4.74. The molecular weight excluding hydrogens is 710 g/mol. The number of hydrogen-bond donors (Lipinski definition) is 0. The fourth-order valence-corrected chi connectivity index (χ4v) is 9.41. The van der Waals surface area contributed by atoms with Gasteiger partial charge >= 0.3 is 41.3 Å². The van der Waals surface area contributed by atoms with E-state index in [2.05, 4.69) is 164 Å². The Bertz CT molecular complexity index is 1050. The van der Waals surface area contributed by atoms with Gasteiger partial charge in [0.1, 0.15) is 28.5 Å². The van der Waals surface area contributed by atoms with Gasteiger partial charge in [0.2, 0.25) is 0 Å². The first-order chi connectivity index (χ1) is 16.9. The second-order valence-corrected chi connectivity index (χ2v) is 29.0. The van der Waals surface area contributed by atoms with Gasteiger partial charge in [-0.3, -0.25) is 0 Å². The maximum atomic E-state index is 4.74. The zero-order valence-electron chi connectivity index (χ0n) is 19.9. The molecule has 0 heterocycles. The van der Waals surface area contributed by atoms with Crippen LogP contribution in [0.4, 0.5) is 0 Å². The first-order valence-corrected chi connectivity index (χ1v) is 27.6. The molecule has 0 amide bonds. The molecule has 4 aromatic carbocycles. The molecule has 0 aliphatic heterocycles. The van der Waals surface area contributed by atoms with E-state index in [0.717, 1.165) is 5.75 Å². The van der Waals surface area contributed by atoms with Crippen LogP contribution in [0.25, 0.3) is 0 Å². The molecule has 0 bridgehead atoms. The van der Waals surface area contributed by atoms with E-state index in [1.165, 1.54) is 27.4 Å². The standard InChI is InChI=1S/C24H20P.C4H11PS.3S.W/c1-5-13-21(14-6-1)25(22-15-7-2-8-16-22,23-17-9-3-10-18-23)24-19-11-4-12-20-24;1-5(2)3-4-6;;;;/h1-20H;6H,3-4H2,1-2H3;;;;/q+1;;;;;/p-1. The van der Waals surface area contributed by atoms with Gasteiger partial charge in [-0.2, -0.15) is 5.75 Å². The summed E-state index contributed by atoms with van der Waals surface area (Å²) in [5.74, 6) is 0.943. The zero-order valence-corrected chi connectivity index (χ0v) is 27.9. The summed E-state index contributed by atoms with van der Waals surface area (Å²) in [6, 6.07) is 43.8. The van der Waals surface area contributed by atoms with Crippen molar-refractivity contribution in [3.05, 3.63) is 121 Å². The predicted octanol–water partition coefficient (Wildman–Crippen LogP) is 7.52. The first-order valence-electron chi connectivity index (χ1n) is 11.0. The third-order valence-electron chi connectivity index (χ3n) is 5.11. The molecule has 0 aliphatic rings. The zero-order chi connectivity index (χ0) is 25.5. The third kappa shape index (κ3) is 9.68. The smallest absolute Gasteiger partial charge is 0.0620 e. The summed E-state index contributed by atoms with van der Waals surface area (Å²) in [6.07, 6.45) is 1.25. The van der Waals surface area contributed by atoms with Crippen molar-refractivity contribution in [1.82, 2.24) is 0 Å². The Morgan fingerprint density at radius 3 is 0.943 bits per heavy atom. The molecule has 0 saturated heterocycles. The van der Waals surface area contributed by atoms with E-state index in [1.807, 2.05) is 0 Å². The molecule has 0 fully saturated rings. The van der Waals surface area contributed by atoms with Crippen molar-refractivity contribution in [2.24, 2.45) is 0 Å². The Kier molecular flexibility index (Phi) is 14.9. The van der Waals surface area contributed by atoms with Gasteiger partial charge < -0.3 is 12.6 Å². The second-order valence-electron chi connectivity index (χ2n) is 7.72. The first kappa shape index (κ1) is 30.7. The van der Waals surface area contributed by atoms with E-state index >= 15 is 0 Å². The van der Waals surface area contributed by atoms with E-state index in [1.54, 1.807) is 0 Å². The molecule has 4 aromatic rings. The Morgan fingerprint density at radius 1 is 0.571 bits per heavy atom. The van der Waals surface area contributed by atoms with Gasteiger partial charge in [0.25, 0.3) is 0 Å². The van der Waals surface area contributed by atoms with Crippen LogP contribution < -0.4 is 21.2 Å². The summed E-state index contributed by atoms with van der Waals surface area (Å²) >= 11 is 2.97. The molecule has 0 aliphatic carbocycles. The van der Waals surface area contributed by atoms with Gasteiger partial charge in [-0.25, -0.2) is 0 Å². The van der Waals surface area contributed by atoms with Crippen LogP contribution in [0.1, 0.15) is 0 Å². The van der Waals surface area contributed by atoms with Crippen LogP contribution in [0.5, 0.6) is 0 Å². The SMILES string of the molecule is CP(C)CC[S-].[S]=[W](=[S])=[S].c1ccc([P+](c2ccccc2)(c2ccccc2)c2ccccc2)cc1. The monoisotopic (exact) mass is 740 g/mol. The fourth-order valence-electron chi connectivity index (χ4n) is 3.68. The van der Waals surface area contributed by atoms with Crippen LogP contribution in [0.3, 0.4) is 0 Å². The molecule has 182 valence electrons. The normalized spacial score (nSPS) is 10.4. The number of rotatable bonds is 6. The second kappa shape index (κ2) is 17.0. The van der Waals surface area contributed by atoms with Crippen LogP contribution >= 0.6 is 44.6 Å². The van der Waals surface area contributed by atoms with Crippen molar-refractivity contribution >= 4 is 78.5 Å². The van der Waals surface area contributed by atoms with E-state index in [9.17, 15) is 0 Å². The van der Waals surface area contributed by atoms with Crippen LogP contribution in [0.2, 0.25) is 0 Å². The molecule has 4 rings (SSSR count). The Morgan fingerprint density at radius 2 is 0.800 bits per heavy atom. The van der Waals surface area contributed by atoms with Crippen molar-refractivity contribution in [3.63, 3.8) is 0 Å². The summed E-state index contributed by atoms with van der Waals surface area (Å²) in [7, 11) is 11.7. The van der Waals surface area contributed by atoms with Gasteiger partial charge in [-0.15, -0.1) is 7.92 Å². The molecule has 0 saturated carbocycles. The van der Waals surface area contributed by atoms with Crippen LogP contribution in [-0.2, 0) is 24.5 Å². The molecule has 35 heavy (non-hydrogen) atoms. The average molecular weight is 741 g/mol. The summed E-state index contributed by atoms with van der Waals surface area (Å²) in [5.41, 5.74) is 0. The average Bonchev–Trinajstić information content (AvgIpc) is 2.87. The summed E-state index contributed by atoms with van der Waals surface area (Å²) in [5, 5.41) is 5.55. The summed E-state index contributed by atoms with van der Waals surface area (Å²) in [4.78, 5) is 0. The van der Waals surface area contributed by atoms with Crippen LogP contribution in [0, 0.1) is 0 Å². The molecule has 0 N–H and O–H groups in total. The van der Waals surface area contributed by atoms with Gasteiger partial charge in [-0.05, 0) is 61.9 Å². The minimum absolute atomic E-state index is 0.295. The molecule has 0 atom stereocenters. The predicted molar refractivity (Wildman–Crippen MR) is 170 cm³/mol. The molecule has 0 radical (unpaired) electrons. The molecule has 0 nitrogen and oxygen atoms in total. The van der Waals surface area contributed by atoms with Crippen molar-refractivity contribution in [1.29, 1.82) is 0 Å². The van der Waals surface area contributed by atoms with Gasteiger partial charge in [0.15, 0.2) is 0 Å². The molecule has 0 aromatic heterocycles. The van der Waals surface area contributed by atoms with E-state index in [4.69, 9.17) is 12.6 Å². The summed E-state index contributed by atoms with van der Waals surface area (Å²) in [6.45, 7) is 4.50. The largest absolute Gasteiger partial charge is 0.144 e. The maximum Gasteiger partial charge on any atom is 0.144 e. The fraction of sp³-hybridized carbons (Fsp3) is 0.143. The Labute approximate surface area is 235 Å². The van der Waals surface area contributed by atoms with E-state index < -0.39 is 19.1 Å². The van der Waals surface area contributed by atoms with Crippen LogP contribution in [0.15, 0.2) is 121 Å². The Balaban J connectivity index is 0.000000368. The number of benzene rings is 4. The molecule has 0 spiro atoms. The van der Waals surface area contributed by atoms with E-state index in [-0.39, 0.29) is 0 Å². The van der Waals surface area contributed by atoms with Crippen LogP contribution in [-0.4, -0.2) is 25.2 Å². The van der Waals surface area contributed by atoms with Crippen molar-refractivity contribution < 1.29 is 11.9 Å². The minimum Gasteiger partial charge on any atom is -0.0620 e. The van der Waals surface area contributed by atoms with Crippen molar-refractivity contribution in [2.75, 3.05) is 25.2 Å². The van der Waals surface area contributed by atoms with Crippen molar-refractivity contribution in [3.8, 4) is 0 Å². The minimum atomic E-state index is -1.91. The van der Waals surface area contributed by atoms with Gasteiger partial charge in [0.05, 0.1) is 0 Å². The quantitative estimate of drug-likeness (QED) is 0.148. The molecule has 0 unspecified atom stereocenters. The van der Waals surface area contributed by atoms with Gasteiger partial charge in [0, 0.05) is 0 Å².